The molecule has 0 spiro atoms. The van der Waals surface area contributed by atoms with Crippen LogP contribution in [0.1, 0.15) is 26.2 Å². The molecule has 118 valence electrons. The third-order valence-corrected chi connectivity index (χ3v) is 3.12. The number of amides is 2. The highest BCUT2D eigenvalue weighted by molar-refractivity contribution is 6.05. The molecule has 0 saturated carbocycles. The molecular formula is C15H18FN3O3. The third-order valence-electron chi connectivity index (χ3n) is 3.12. The van der Waals surface area contributed by atoms with Gasteiger partial charge in [-0.3, -0.25) is 9.59 Å². The summed E-state index contributed by atoms with van der Waals surface area (Å²) in [5, 5.41) is 6.50. The topological polar surface area (TPSA) is 79.8 Å². The number of hydrazone groups is 1. The molecule has 1 atom stereocenters. The number of hydrogen-bond acceptors (Lipinski definition) is 4. The fraction of sp³-hybridized carbons (Fsp3) is 0.400. The Balaban J connectivity index is 1.78. The molecule has 1 aliphatic rings. The van der Waals surface area contributed by atoms with Gasteiger partial charge in [0.25, 0.3) is 5.91 Å². The maximum atomic E-state index is 12.8. The zero-order valence-corrected chi connectivity index (χ0v) is 12.3. The smallest absolute Gasteiger partial charge is 0.269 e. The molecule has 0 radical (unpaired) electrons. The molecular weight excluding hydrogens is 289 g/mol. The van der Waals surface area contributed by atoms with Crippen LogP contribution in [0.15, 0.2) is 29.4 Å². The first-order valence-corrected chi connectivity index (χ1v) is 7.04. The minimum atomic E-state index is -0.454. The SMILES string of the molecule is C/C(CC(=O)Nc1ccc(F)cc1)=N/NC(=O)[C@@H]1CCCO1. The number of carbonyl (C=O) groups is 2. The van der Waals surface area contributed by atoms with Gasteiger partial charge in [-0.25, -0.2) is 9.82 Å². The van der Waals surface area contributed by atoms with E-state index in [2.05, 4.69) is 15.8 Å². The van der Waals surface area contributed by atoms with Crippen molar-refractivity contribution in [3.05, 3.63) is 30.1 Å². The van der Waals surface area contributed by atoms with Crippen molar-refractivity contribution in [3.63, 3.8) is 0 Å². The second-order valence-corrected chi connectivity index (χ2v) is 5.06. The van der Waals surface area contributed by atoms with E-state index in [4.69, 9.17) is 4.74 Å². The largest absolute Gasteiger partial charge is 0.368 e. The molecule has 6 nitrogen and oxygen atoms in total. The van der Waals surface area contributed by atoms with Gasteiger partial charge in [-0.1, -0.05) is 0 Å². The highest BCUT2D eigenvalue weighted by atomic mass is 19.1. The Morgan fingerprint density at radius 2 is 2.09 bits per heavy atom. The Morgan fingerprint density at radius 1 is 1.36 bits per heavy atom. The molecule has 1 aliphatic heterocycles. The van der Waals surface area contributed by atoms with Gasteiger partial charge in [-0.2, -0.15) is 5.10 Å². The van der Waals surface area contributed by atoms with E-state index in [0.29, 0.717) is 24.4 Å². The molecule has 1 heterocycles. The Kier molecular flexibility index (Phi) is 5.60. The summed E-state index contributed by atoms with van der Waals surface area (Å²) < 4.78 is 18.0. The molecule has 2 rings (SSSR count). The van der Waals surface area contributed by atoms with Gasteiger partial charge in [0.05, 0.1) is 6.42 Å². The van der Waals surface area contributed by atoms with Gasteiger partial charge in [-0.15, -0.1) is 0 Å². The molecule has 1 saturated heterocycles. The fourth-order valence-electron chi connectivity index (χ4n) is 2.02. The second-order valence-electron chi connectivity index (χ2n) is 5.06. The summed E-state index contributed by atoms with van der Waals surface area (Å²) in [6.07, 6.45) is 1.12. The standard InChI is InChI=1S/C15H18FN3O3/c1-10(18-19-15(21)13-3-2-8-22-13)9-14(20)17-12-6-4-11(16)5-7-12/h4-7,13H,2-3,8-9H2,1H3,(H,17,20)(H,19,21)/b18-10-/t13-/m0/s1. The van der Waals surface area contributed by atoms with E-state index in [1.165, 1.54) is 24.3 Å². The number of nitrogens with zero attached hydrogens (tertiary/aromatic N) is 1. The number of rotatable bonds is 5. The first-order chi connectivity index (χ1) is 10.5. The summed E-state index contributed by atoms with van der Waals surface area (Å²) in [6.45, 7) is 2.22. The lowest BCUT2D eigenvalue weighted by atomic mass is 10.2. The summed E-state index contributed by atoms with van der Waals surface area (Å²) in [6, 6.07) is 5.47. The summed E-state index contributed by atoms with van der Waals surface area (Å²) in [7, 11) is 0. The van der Waals surface area contributed by atoms with Crippen LogP contribution >= 0.6 is 0 Å². The molecule has 2 N–H and O–H groups in total. The van der Waals surface area contributed by atoms with Crippen molar-refractivity contribution >= 4 is 23.2 Å². The lowest BCUT2D eigenvalue weighted by molar-refractivity contribution is -0.130. The van der Waals surface area contributed by atoms with Gasteiger partial charge in [0.15, 0.2) is 0 Å². The number of carbonyl (C=O) groups excluding carboxylic acids is 2. The van der Waals surface area contributed by atoms with E-state index in [1.54, 1.807) is 6.92 Å². The van der Waals surface area contributed by atoms with Crippen LogP contribution in [0.5, 0.6) is 0 Å². The van der Waals surface area contributed by atoms with Crippen molar-refractivity contribution in [3.8, 4) is 0 Å². The lowest BCUT2D eigenvalue weighted by Crippen LogP contribution is -2.31. The maximum absolute atomic E-state index is 12.8. The molecule has 2 amide bonds. The van der Waals surface area contributed by atoms with Gasteiger partial charge in [0, 0.05) is 18.0 Å². The van der Waals surface area contributed by atoms with Crippen LogP contribution in [0.3, 0.4) is 0 Å². The van der Waals surface area contributed by atoms with Crippen LogP contribution in [0.25, 0.3) is 0 Å². The number of nitrogens with one attached hydrogen (secondary N) is 2. The highest BCUT2D eigenvalue weighted by Gasteiger charge is 2.23. The fourth-order valence-corrected chi connectivity index (χ4v) is 2.02. The van der Waals surface area contributed by atoms with Crippen molar-refractivity contribution < 1.29 is 18.7 Å². The summed E-state index contributed by atoms with van der Waals surface area (Å²) in [4.78, 5) is 23.5. The molecule has 1 fully saturated rings. The van der Waals surface area contributed by atoms with Crippen LogP contribution in [-0.4, -0.2) is 30.2 Å². The van der Waals surface area contributed by atoms with Crippen LogP contribution in [0, 0.1) is 5.82 Å². The van der Waals surface area contributed by atoms with Crippen molar-refractivity contribution in [2.24, 2.45) is 5.10 Å². The van der Waals surface area contributed by atoms with E-state index < -0.39 is 6.10 Å². The van der Waals surface area contributed by atoms with E-state index in [9.17, 15) is 14.0 Å². The highest BCUT2D eigenvalue weighted by Crippen LogP contribution is 2.11. The molecule has 0 aliphatic carbocycles. The number of hydrogen-bond donors (Lipinski definition) is 2. The minimum absolute atomic E-state index is 0.0309. The number of halogens is 1. The molecule has 1 aromatic rings. The Hall–Kier alpha value is -2.28. The Bertz CT molecular complexity index is 566. The molecule has 7 heteroatoms. The predicted octanol–water partition coefficient (Wildman–Crippen LogP) is 1.83. The van der Waals surface area contributed by atoms with Crippen LogP contribution in [-0.2, 0) is 14.3 Å². The average Bonchev–Trinajstić information content (AvgIpc) is 3.01. The van der Waals surface area contributed by atoms with Gasteiger partial charge >= 0.3 is 0 Å². The van der Waals surface area contributed by atoms with Gasteiger partial charge < -0.3 is 10.1 Å². The zero-order valence-electron chi connectivity index (χ0n) is 12.3. The van der Waals surface area contributed by atoms with Crippen molar-refractivity contribution in [1.82, 2.24) is 5.43 Å². The van der Waals surface area contributed by atoms with Crippen molar-refractivity contribution in [2.45, 2.75) is 32.3 Å². The molecule has 22 heavy (non-hydrogen) atoms. The van der Waals surface area contributed by atoms with Crippen LogP contribution < -0.4 is 10.7 Å². The van der Waals surface area contributed by atoms with E-state index >= 15 is 0 Å². The third kappa shape index (κ3) is 4.92. The van der Waals surface area contributed by atoms with Crippen molar-refractivity contribution in [2.75, 3.05) is 11.9 Å². The van der Waals surface area contributed by atoms with E-state index in [1.807, 2.05) is 0 Å². The number of benzene rings is 1. The first-order valence-electron chi connectivity index (χ1n) is 7.04. The monoisotopic (exact) mass is 307 g/mol. The molecule has 0 unspecified atom stereocenters. The normalized spacial score (nSPS) is 18.1. The molecule has 0 aromatic heterocycles. The van der Waals surface area contributed by atoms with Gasteiger partial charge in [-0.05, 0) is 44.0 Å². The van der Waals surface area contributed by atoms with Crippen LogP contribution in [0.2, 0.25) is 0 Å². The number of anilines is 1. The summed E-state index contributed by atoms with van der Waals surface area (Å²) in [5.41, 5.74) is 3.36. The van der Waals surface area contributed by atoms with E-state index in [0.717, 1.165) is 6.42 Å². The summed E-state index contributed by atoms with van der Waals surface area (Å²) >= 11 is 0. The zero-order chi connectivity index (χ0) is 15.9. The minimum Gasteiger partial charge on any atom is -0.368 e. The van der Waals surface area contributed by atoms with Crippen molar-refractivity contribution in [1.29, 1.82) is 0 Å². The Labute approximate surface area is 127 Å². The van der Waals surface area contributed by atoms with Crippen LogP contribution in [0.4, 0.5) is 10.1 Å². The predicted molar refractivity (Wildman–Crippen MR) is 79.9 cm³/mol. The Morgan fingerprint density at radius 3 is 2.73 bits per heavy atom. The molecule has 1 aromatic carbocycles. The first kappa shape index (κ1) is 16.1. The van der Waals surface area contributed by atoms with Gasteiger partial charge in [0.2, 0.25) is 5.91 Å². The molecule has 0 bridgehead atoms. The second kappa shape index (κ2) is 7.65. The number of ether oxygens (including phenoxy) is 1. The average molecular weight is 307 g/mol. The van der Waals surface area contributed by atoms with Gasteiger partial charge in [0.1, 0.15) is 11.9 Å². The quantitative estimate of drug-likeness (QED) is 0.643. The van der Waals surface area contributed by atoms with E-state index in [-0.39, 0.29) is 24.1 Å². The lowest BCUT2D eigenvalue weighted by Gasteiger charge is -2.08. The summed E-state index contributed by atoms with van der Waals surface area (Å²) in [5.74, 6) is -0.956. The maximum Gasteiger partial charge on any atom is 0.269 e.